The molecular formula is C20H27N7. The molecule has 0 amide bonds. The zero-order chi connectivity index (χ0) is 18.6. The number of fused-ring (bicyclic) bond motifs is 1. The fourth-order valence-electron chi connectivity index (χ4n) is 3.69. The Kier molecular flexibility index (Phi) is 5.09. The summed E-state index contributed by atoms with van der Waals surface area (Å²) in [5, 5.41) is 7.76. The van der Waals surface area contributed by atoms with Gasteiger partial charge < -0.3 is 14.6 Å². The number of guanidine groups is 1. The SMILES string of the molecule is CCNC(=NCCc1cn2ccccc2n1)N1CCC(c2cnn(C)c2)C1. The maximum atomic E-state index is 4.86. The third-order valence-electron chi connectivity index (χ3n) is 5.06. The van der Waals surface area contributed by atoms with Crippen LogP contribution < -0.4 is 5.32 Å². The number of pyridine rings is 1. The van der Waals surface area contributed by atoms with Crippen LogP contribution in [-0.4, -0.2) is 56.2 Å². The van der Waals surface area contributed by atoms with E-state index in [-0.39, 0.29) is 0 Å². The van der Waals surface area contributed by atoms with E-state index in [0.717, 1.165) is 56.3 Å². The fourth-order valence-corrected chi connectivity index (χ4v) is 3.69. The molecule has 1 fully saturated rings. The first-order chi connectivity index (χ1) is 13.2. The molecule has 0 aromatic carbocycles. The van der Waals surface area contributed by atoms with Crippen molar-refractivity contribution in [1.82, 2.24) is 29.4 Å². The van der Waals surface area contributed by atoms with Gasteiger partial charge in [0.2, 0.25) is 0 Å². The van der Waals surface area contributed by atoms with Crippen LogP contribution in [0.1, 0.15) is 30.5 Å². The van der Waals surface area contributed by atoms with Crippen molar-refractivity contribution >= 4 is 11.6 Å². The summed E-state index contributed by atoms with van der Waals surface area (Å²) in [4.78, 5) is 11.9. The summed E-state index contributed by atoms with van der Waals surface area (Å²) in [6.07, 6.45) is 10.2. The zero-order valence-electron chi connectivity index (χ0n) is 16.0. The zero-order valence-corrected chi connectivity index (χ0v) is 16.0. The Labute approximate surface area is 159 Å². The quantitative estimate of drug-likeness (QED) is 0.555. The van der Waals surface area contributed by atoms with Crippen LogP contribution in [0, 0.1) is 0 Å². The number of aryl methyl sites for hydroxylation is 1. The van der Waals surface area contributed by atoms with E-state index < -0.39 is 0 Å². The molecule has 4 heterocycles. The van der Waals surface area contributed by atoms with Gasteiger partial charge in [0, 0.05) is 64.2 Å². The van der Waals surface area contributed by atoms with Gasteiger partial charge in [0.15, 0.2) is 5.96 Å². The summed E-state index contributed by atoms with van der Waals surface area (Å²) in [6.45, 7) is 5.75. The standard InChI is InChI=1S/C20H27N7/c1-3-21-20(27-11-8-16(14-27)17-12-23-25(2)13-17)22-9-7-18-15-26-10-5-4-6-19(26)24-18/h4-6,10,12-13,15-16H,3,7-9,11,14H2,1-2H3,(H,21,22). The molecule has 0 spiro atoms. The molecule has 3 aromatic heterocycles. The Balaban J connectivity index is 1.39. The monoisotopic (exact) mass is 365 g/mol. The molecule has 1 aliphatic rings. The van der Waals surface area contributed by atoms with Crippen LogP contribution in [0.4, 0.5) is 0 Å². The lowest BCUT2D eigenvalue weighted by Crippen LogP contribution is -2.40. The maximum Gasteiger partial charge on any atom is 0.193 e. The Hall–Kier alpha value is -2.83. The van der Waals surface area contributed by atoms with Gasteiger partial charge in [-0.3, -0.25) is 9.67 Å². The third-order valence-corrected chi connectivity index (χ3v) is 5.06. The summed E-state index contributed by atoms with van der Waals surface area (Å²) >= 11 is 0. The summed E-state index contributed by atoms with van der Waals surface area (Å²) in [5.41, 5.74) is 3.39. The number of aromatic nitrogens is 4. The second kappa shape index (κ2) is 7.82. The van der Waals surface area contributed by atoms with E-state index in [2.05, 4.69) is 44.0 Å². The van der Waals surface area contributed by atoms with Crippen molar-refractivity contribution in [2.75, 3.05) is 26.2 Å². The van der Waals surface area contributed by atoms with Crippen molar-refractivity contribution < 1.29 is 0 Å². The highest BCUT2D eigenvalue weighted by Gasteiger charge is 2.26. The van der Waals surface area contributed by atoms with E-state index in [1.54, 1.807) is 0 Å². The van der Waals surface area contributed by atoms with Crippen LogP contribution in [0.25, 0.3) is 5.65 Å². The van der Waals surface area contributed by atoms with Crippen molar-refractivity contribution in [2.24, 2.45) is 12.0 Å². The predicted molar refractivity (Wildman–Crippen MR) is 107 cm³/mol. The van der Waals surface area contributed by atoms with Gasteiger partial charge in [-0.1, -0.05) is 6.07 Å². The van der Waals surface area contributed by atoms with Gasteiger partial charge in [0.05, 0.1) is 11.9 Å². The molecule has 7 heteroatoms. The molecule has 0 bridgehead atoms. The lowest BCUT2D eigenvalue weighted by molar-refractivity contribution is 0.486. The third kappa shape index (κ3) is 3.97. The fraction of sp³-hybridized carbons (Fsp3) is 0.450. The molecule has 1 unspecified atom stereocenters. The molecule has 1 saturated heterocycles. The smallest absolute Gasteiger partial charge is 0.193 e. The lowest BCUT2D eigenvalue weighted by Gasteiger charge is -2.21. The molecule has 0 saturated carbocycles. The van der Waals surface area contributed by atoms with Crippen LogP contribution in [0.2, 0.25) is 0 Å². The van der Waals surface area contributed by atoms with E-state index in [4.69, 9.17) is 4.99 Å². The number of hydrogen-bond acceptors (Lipinski definition) is 3. The Morgan fingerprint density at radius 2 is 2.26 bits per heavy atom. The van der Waals surface area contributed by atoms with Crippen LogP contribution in [0.5, 0.6) is 0 Å². The summed E-state index contributed by atoms with van der Waals surface area (Å²) in [5.74, 6) is 1.54. The van der Waals surface area contributed by atoms with Crippen molar-refractivity contribution in [1.29, 1.82) is 0 Å². The highest BCUT2D eigenvalue weighted by Crippen LogP contribution is 2.26. The largest absolute Gasteiger partial charge is 0.357 e. The molecule has 1 N–H and O–H groups in total. The number of aliphatic imine (C=N–C) groups is 1. The summed E-state index contributed by atoms with van der Waals surface area (Å²) in [7, 11) is 1.97. The Morgan fingerprint density at radius 1 is 1.33 bits per heavy atom. The highest BCUT2D eigenvalue weighted by molar-refractivity contribution is 5.80. The normalized spacial score (nSPS) is 17.8. The van der Waals surface area contributed by atoms with Gasteiger partial charge in [-0.25, -0.2) is 4.98 Å². The van der Waals surface area contributed by atoms with Gasteiger partial charge in [-0.15, -0.1) is 0 Å². The number of hydrogen-bond donors (Lipinski definition) is 1. The number of nitrogens with one attached hydrogen (secondary N) is 1. The molecule has 27 heavy (non-hydrogen) atoms. The maximum absolute atomic E-state index is 4.86. The molecule has 3 aromatic rings. The average molecular weight is 365 g/mol. The second-order valence-electron chi connectivity index (χ2n) is 7.06. The van der Waals surface area contributed by atoms with E-state index >= 15 is 0 Å². The van der Waals surface area contributed by atoms with Crippen LogP contribution in [0.3, 0.4) is 0 Å². The number of likely N-dealkylation sites (tertiary alicyclic amines) is 1. The number of imidazole rings is 1. The van der Waals surface area contributed by atoms with Gasteiger partial charge >= 0.3 is 0 Å². The molecule has 142 valence electrons. The molecule has 1 atom stereocenters. The summed E-state index contributed by atoms with van der Waals surface area (Å²) < 4.78 is 3.94. The van der Waals surface area contributed by atoms with Gasteiger partial charge in [-0.05, 0) is 31.0 Å². The van der Waals surface area contributed by atoms with E-state index in [1.165, 1.54) is 5.56 Å². The second-order valence-corrected chi connectivity index (χ2v) is 7.06. The molecule has 1 aliphatic heterocycles. The predicted octanol–water partition coefficient (Wildman–Crippen LogP) is 2.07. The highest BCUT2D eigenvalue weighted by atomic mass is 15.3. The Morgan fingerprint density at radius 3 is 3.04 bits per heavy atom. The van der Waals surface area contributed by atoms with Crippen LogP contribution in [-0.2, 0) is 13.5 Å². The minimum Gasteiger partial charge on any atom is -0.357 e. The van der Waals surface area contributed by atoms with Gasteiger partial charge in [0.25, 0.3) is 0 Å². The van der Waals surface area contributed by atoms with E-state index in [1.807, 2.05) is 42.3 Å². The van der Waals surface area contributed by atoms with E-state index in [9.17, 15) is 0 Å². The van der Waals surface area contributed by atoms with Crippen molar-refractivity contribution in [3.05, 3.63) is 54.2 Å². The minimum atomic E-state index is 0.529. The first-order valence-electron chi connectivity index (χ1n) is 9.67. The molecule has 7 nitrogen and oxygen atoms in total. The molecule has 0 radical (unpaired) electrons. The van der Waals surface area contributed by atoms with Gasteiger partial charge in [0.1, 0.15) is 5.65 Å². The van der Waals surface area contributed by atoms with Crippen molar-refractivity contribution in [2.45, 2.75) is 25.7 Å². The first kappa shape index (κ1) is 17.6. The van der Waals surface area contributed by atoms with E-state index in [0.29, 0.717) is 5.92 Å². The van der Waals surface area contributed by atoms with Crippen LogP contribution in [0.15, 0.2) is 48.0 Å². The average Bonchev–Trinajstić information content (AvgIpc) is 3.39. The molecule has 0 aliphatic carbocycles. The van der Waals surface area contributed by atoms with Crippen molar-refractivity contribution in [3.63, 3.8) is 0 Å². The molecular weight excluding hydrogens is 338 g/mol. The van der Waals surface area contributed by atoms with Crippen LogP contribution >= 0.6 is 0 Å². The number of rotatable bonds is 5. The topological polar surface area (TPSA) is 62.8 Å². The summed E-state index contributed by atoms with van der Waals surface area (Å²) in [6, 6.07) is 6.06. The minimum absolute atomic E-state index is 0.529. The lowest BCUT2D eigenvalue weighted by atomic mass is 10.0. The Bertz CT molecular complexity index is 890. The van der Waals surface area contributed by atoms with Crippen molar-refractivity contribution in [3.8, 4) is 0 Å². The first-order valence-corrected chi connectivity index (χ1v) is 9.67. The molecule has 4 rings (SSSR count). The van der Waals surface area contributed by atoms with Gasteiger partial charge in [-0.2, -0.15) is 5.10 Å². The number of nitrogens with zero attached hydrogens (tertiary/aromatic N) is 6.